The van der Waals surface area contributed by atoms with Crippen molar-refractivity contribution >= 4 is 11.8 Å². The van der Waals surface area contributed by atoms with Crippen LogP contribution in [-0.4, -0.2) is 66.0 Å². The molecule has 1 atom stereocenters. The molecule has 7 heteroatoms. The number of ether oxygens (including phenoxy) is 2. The molecule has 1 saturated heterocycles. The van der Waals surface area contributed by atoms with E-state index in [4.69, 9.17) is 9.47 Å². The first kappa shape index (κ1) is 23.1. The van der Waals surface area contributed by atoms with Gasteiger partial charge in [-0.25, -0.2) is 0 Å². The molecule has 0 saturated carbocycles. The van der Waals surface area contributed by atoms with E-state index in [1.165, 1.54) is 12.7 Å². The van der Waals surface area contributed by atoms with E-state index in [1.807, 2.05) is 24.0 Å². The molecule has 2 amide bonds. The first-order chi connectivity index (χ1) is 16.0. The number of benzene rings is 1. The molecular weight excluding hydrogens is 418 g/mol. The zero-order chi connectivity index (χ0) is 23.2. The highest BCUT2D eigenvalue weighted by Gasteiger charge is 2.30. The monoisotopic (exact) mass is 451 g/mol. The highest BCUT2D eigenvalue weighted by molar-refractivity contribution is 5.98. The highest BCUT2D eigenvalue weighted by Crippen LogP contribution is 2.25. The van der Waals surface area contributed by atoms with Crippen molar-refractivity contribution < 1.29 is 19.1 Å². The summed E-state index contributed by atoms with van der Waals surface area (Å²) in [5.74, 6) is 1.07. The molecular formula is C26H33N3O4. The Morgan fingerprint density at radius 2 is 2.03 bits per heavy atom. The molecule has 7 nitrogen and oxygen atoms in total. The molecule has 2 bridgehead atoms. The van der Waals surface area contributed by atoms with E-state index in [1.54, 1.807) is 17.2 Å². The molecule has 0 radical (unpaired) electrons. The molecule has 33 heavy (non-hydrogen) atoms. The Morgan fingerprint density at radius 1 is 1.15 bits per heavy atom. The number of amides is 2. The minimum absolute atomic E-state index is 0.0181. The van der Waals surface area contributed by atoms with E-state index in [-0.39, 0.29) is 24.4 Å². The molecule has 2 aliphatic heterocycles. The number of pyridine rings is 1. The minimum Gasteiger partial charge on any atom is -0.494 e. The molecule has 4 rings (SSSR count). The lowest BCUT2D eigenvalue weighted by molar-refractivity contribution is -0.135. The summed E-state index contributed by atoms with van der Waals surface area (Å²) in [6, 6.07) is 10.1. The van der Waals surface area contributed by atoms with Crippen molar-refractivity contribution in [1.29, 1.82) is 0 Å². The van der Waals surface area contributed by atoms with Crippen LogP contribution in [0.3, 0.4) is 0 Å². The van der Waals surface area contributed by atoms with Crippen LogP contribution in [0.15, 0.2) is 36.5 Å². The van der Waals surface area contributed by atoms with Gasteiger partial charge in [-0.05, 0) is 69.2 Å². The van der Waals surface area contributed by atoms with E-state index < -0.39 is 0 Å². The van der Waals surface area contributed by atoms with E-state index in [0.29, 0.717) is 30.9 Å². The number of aryl methyl sites for hydroxylation is 2. The van der Waals surface area contributed by atoms with Crippen molar-refractivity contribution in [2.75, 3.05) is 33.4 Å². The van der Waals surface area contributed by atoms with Gasteiger partial charge in [0.15, 0.2) is 0 Å². The molecule has 1 aromatic carbocycles. The molecule has 2 aromatic rings. The Morgan fingerprint density at radius 3 is 2.88 bits per heavy atom. The number of piperidine rings is 1. The van der Waals surface area contributed by atoms with Crippen LogP contribution in [0.25, 0.3) is 0 Å². The van der Waals surface area contributed by atoms with Crippen molar-refractivity contribution in [3.8, 4) is 11.5 Å². The largest absolute Gasteiger partial charge is 0.494 e. The Hall–Kier alpha value is -3.09. The highest BCUT2D eigenvalue weighted by atomic mass is 16.5. The van der Waals surface area contributed by atoms with Crippen molar-refractivity contribution in [3.63, 3.8) is 0 Å². The maximum Gasteiger partial charge on any atom is 0.258 e. The SMILES string of the molecule is COc1cnc(C)cc1C(=O)N1CCCOc2cccc(c2)CCC2CCCCN2C(=O)C1. The zero-order valence-corrected chi connectivity index (χ0v) is 19.6. The lowest BCUT2D eigenvalue weighted by Gasteiger charge is -2.37. The molecule has 0 spiro atoms. The van der Waals surface area contributed by atoms with Crippen molar-refractivity contribution in [2.45, 2.75) is 51.5 Å². The Labute approximate surface area is 195 Å². The summed E-state index contributed by atoms with van der Waals surface area (Å²) in [5.41, 5.74) is 2.40. The smallest absolute Gasteiger partial charge is 0.258 e. The summed E-state index contributed by atoms with van der Waals surface area (Å²) in [7, 11) is 1.53. The predicted octanol–water partition coefficient (Wildman–Crippen LogP) is 3.64. The van der Waals surface area contributed by atoms with Crippen LogP contribution in [0.4, 0.5) is 0 Å². The van der Waals surface area contributed by atoms with E-state index >= 15 is 0 Å². The molecule has 176 valence electrons. The van der Waals surface area contributed by atoms with Gasteiger partial charge in [0.1, 0.15) is 18.0 Å². The fraction of sp³-hybridized carbons (Fsp3) is 0.500. The quantitative estimate of drug-likeness (QED) is 0.697. The minimum atomic E-state index is -0.214. The van der Waals surface area contributed by atoms with Crippen molar-refractivity contribution in [2.24, 2.45) is 0 Å². The summed E-state index contributed by atoms with van der Waals surface area (Å²) >= 11 is 0. The van der Waals surface area contributed by atoms with Crippen LogP contribution < -0.4 is 9.47 Å². The number of methoxy groups -OCH3 is 1. The van der Waals surface area contributed by atoms with E-state index in [2.05, 4.69) is 17.1 Å². The Bertz CT molecular complexity index is 993. The van der Waals surface area contributed by atoms with Crippen LogP contribution in [0.2, 0.25) is 0 Å². The van der Waals surface area contributed by atoms with Crippen molar-refractivity contribution in [3.05, 3.63) is 53.3 Å². The normalized spacial score (nSPS) is 19.8. The number of rotatable bonds is 2. The summed E-state index contributed by atoms with van der Waals surface area (Å²) < 4.78 is 11.3. The van der Waals surface area contributed by atoms with Crippen LogP contribution >= 0.6 is 0 Å². The fourth-order valence-electron chi connectivity index (χ4n) is 4.75. The van der Waals surface area contributed by atoms with Crippen LogP contribution in [0.5, 0.6) is 11.5 Å². The van der Waals surface area contributed by atoms with Gasteiger partial charge in [-0.1, -0.05) is 12.1 Å². The molecule has 2 aliphatic rings. The number of aromatic nitrogens is 1. The number of hydrogen-bond donors (Lipinski definition) is 0. The van der Waals surface area contributed by atoms with E-state index in [0.717, 1.165) is 50.1 Å². The molecule has 1 fully saturated rings. The maximum absolute atomic E-state index is 13.5. The number of carbonyl (C=O) groups is 2. The Kier molecular flexibility index (Phi) is 7.47. The first-order valence-electron chi connectivity index (χ1n) is 11.9. The lowest BCUT2D eigenvalue weighted by Crippen LogP contribution is -2.49. The van der Waals surface area contributed by atoms with Crippen LogP contribution in [0, 0.1) is 6.92 Å². The first-order valence-corrected chi connectivity index (χ1v) is 11.9. The van der Waals surface area contributed by atoms with Crippen LogP contribution in [-0.2, 0) is 11.2 Å². The molecule has 3 heterocycles. The topological polar surface area (TPSA) is 72.0 Å². The van der Waals surface area contributed by atoms with Gasteiger partial charge in [0.2, 0.25) is 5.91 Å². The average molecular weight is 452 g/mol. The molecule has 0 N–H and O–H groups in total. The van der Waals surface area contributed by atoms with Gasteiger partial charge >= 0.3 is 0 Å². The zero-order valence-electron chi connectivity index (χ0n) is 19.6. The third kappa shape index (κ3) is 5.64. The van der Waals surface area contributed by atoms with Gasteiger partial charge in [-0.3, -0.25) is 14.6 Å². The summed E-state index contributed by atoms with van der Waals surface area (Å²) in [6.07, 6.45) is 7.16. The summed E-state index contributed by atoms with van der Waals surface area (Å²) in [5, 5.41) is 0. The predicted molar refractivity (Wildman–Crippen MR) is 126 cm³/mol. The van der Waals surface area contributed by atoms with Gasteiger partial charge in [-0.15, -0.1) is 0 Å². The molecule has 0 aliphatic carbocycles. The van der Waals surface area contributed by atoms with Gasteiger partial charge in [0.25, 0.3) is 5.91 Å². The number of nitrogens with zero attached hydrogens (tertiary/aromatic N) is 3. The average Bonchev–Trinajstić information content (AvgIpc) is 2.84. The number of fused-ring (bicyclic) bond motifs is 3. The third-order valence-corrected chi connectivity index (χ3v) is 6.52. The molecule has 1 unspecified atom stereocenters. The fourth-order valence-corrected chi connectivity index (χ4v) is 4.75. The van der Waals surface area contributed by atoms with Gasteiger partial charge in [0.05, 0.1) is 25.5 Å². The van der Waals surface area contributed by atoms with Gasteiger partial charge in [-0.2, -0.15) is 0 Å². The Balaban J connectivity index is 1.60. The summed E-state index contributed by atoms with van der Waals surface area (Å²) in [6.45, 7) is 3.55. The maximum atomic E-state index is 13.5. The number of hydrogen-bond acceptors (Lipinski definition) is 5. The lowest BCUT2D eigenvalue weighted by atomic mass is 9.95. The van der Waals surface area contributed by atoms with E-state index in [9.17, 15) is 9.59 Å². The van der Waals surface area contributed by atoms with Gasteiger partial charge in [0, 0.05) is 24.8 Å². The third-order valence-electron chi connectivity index (χ3n) is 6.52. The van der Waals surface area contributed by atoms with Crippen molar-refractivity contribution in [1.82, 2.24) is 14.8 Å². The van der Waals surface area contributed by atoms with Crippen LogP contribution in [0.1, 0.15) is 53.7 Å². The molecule has 1 aromatic heterocycles. The second-order valence-corrected chi connectivity index (χ2v) is 8.88. The second kappa shape index (κ2) is 10.7. The standard InChI is InChI=1S/C26H33N3O4/c1-19-15-23(24(32-2)17-27-19)26(31)28-12-6-14-33-22-9-5-7-20(16-22)10-11-21-8-3-4-13-29(21)25(30)18-28/h5,7,9,15-17,21H,3-4,6,8,10-14,18H2,1-2H3. The van der Waals surface area contributed by atoms with Gasteiger partial charge < -0.3 is 19.3 Å². The summed E-state index contributed by atoms with van der Waals surface area (Å²) in [4.78, 5) is 34.8. The number of carbonyl (C=O) groups excluding carboxylic acids is 2. The second-order valence-electron chi connectivity index (χ2n) is 8.88.